The molecule has 0 atom stereocenters. The van der Waals surface area contributed by atoms with Gasteiger partial charge in [-0.1, -0.05) is 87.2 Å². The van der Waals surface area contributed by atoms with Gasteiger partial charge < -0.3 is 5.11 Å². The molecule has 0 saturated heterocycles. The molecule has 3 nitrogen and oxygen atoms in total. The predicted octanol–water partition coefficient (Wildman–Crippen LogP) is 9.29. The topological polar surface area (TPSA) is 50.2 Å². The largest absolute Gasteiger partial charge is 0.512 e. The van der Waals surface area contributed by atoms with Gasteiger partial charge in [0.1, 0.15) is 0 Å². The molecule has 0 unspecified atom stereocenters. The SMILES string of the molecule is CC(=O)/C=C(/C)O.CC(C)c1ccc2c(-c3[c-]c4ccc5ccccc5c4c(C(C)C)c3)nccc2c1.[Ir]. The summed E-state index contributed by atoms with van der Waals surface area (Å²) >= 11 is 0. The average molecular weight is 681 g/mol. The molecule has 0 aliphatic carbocycles. The van der Waals surface area contributed by atoms with Crippen LogP contribution in [0.5, 0.6) is 0 Å². The Labute approximate surface area is 239 Å². The van der Waals surface area contributed by atoms with Gasteiger partial charge in [0.25, 0.3) is 0 Å². The number of nitrogens with zero attached hydrogens (tertiary/aromatic N) is 1. The number of carbonyl (C=O) groups excluding carboxylic acids is 1. The van der Waals surface area contributed by atoms with E-state index in [0.717, 1.165) is 16.6 Å². The van der Waals surface area contributed by atoms with Gasteiger partial charge in [-0.05, 0) is 58.9 Å². The van der Waals surface area contributed by atoms with E-state index in [2.05, 4.69) is 100 Å². The maximum Gasteiger partial charge on any atom is 0.155 e. The van der Waals surface area contributed by atoms with Crippen molar-refractivity contribution in [2.45, 2.75) is 53.4 Å². The Bertz CT molecular complexity index is 1630. The molecule has 5 rings (SSSR count). The molecule has 0 bridgehead atoms. The molecule has 5 aromatic rings. The number of aliphatic hydroxyl groups is 1. The van der Waals surface area contributed by atoms with E-state index in [9.17, 15) is 4.79 Å². The summed E-state index contributed by atoms with van der Waals surface area (Å²) in [6.07, 6.45) is 3.09. The number of fused-ring (bicyclic) bond motifs is 4. The van der Waals surface area contributed by atoms with Gasteiger partial charge in [0.15, 0.2) is 5.78 Å². The van der Waals surface area contributed by atoms with Gasteiger partial charge in [-0.25, -0.2) is 0 Å². The number of aliphatic hydroxyl groups excluding tert-OH is 1. The van der Waals surface area contributed by atoms with E-state index in [1.807, 2.05) is 6.20 Å². The quantitative estimate of drug-likeness (QED) is 0.0891. The number of aromatic nitrogens is 1. The van der Waals surface area contributed by atoms with Crippen LogP contribution in [0.1, 0.15) is 64.5 Å². The van der Waals surface area contributed by atoms with Crippen molar-refractivity contribution in [3.05, 3.63) is 102 Å². The second kappa shape index (κ2) is 12.5. The Morgan fingerprint density at radius 1 is 0.868 bits per heavy atom. The van der Waals surface area contributed by atoms with Crippen LogP contribution in [0.2, 0.25) is 0 Å². The second-order valence-electron chi connectivity index (χ2n) is 10.2. The number of hydrogen-bond donors (Lipinski definition) is 1. The Morgan fingerprint density at radius 2 is 1.61 bits per heavy atom. The van der Waals surface area contributed by atoms with Crippen molar-refractivity contribution in [3.63, 3.8) is 0 Å². The Kier molecular flexibility index (Phi) is 9.60. The molecular formula is C34H34IrNO2-. The molecule has 1 N–H and O–H groups in total. The zero-order valence-corrected chi connectivity index (χ0v) is 25.2. The third-order valence-corrected chi connectivity index (χ3v) is 6.53. The van der Waals surface area contributed by atoms with Crippen LogP contribution in [0.4, 0.5) is 0 Å². The van der Waals surface area contributed by atoms with E-state index < -0.39 is 0 Å². The summed E-state index contributed by atoms with van der Waals surface area (Å²) < 4.78 is 0. The number of allylic oxidation sites excluding steroid dienone is 2. The molecule has 38 heavy (non-hydrogen) atoms. The fourth-order valence-corrected chi connectivity index (χ4v) is 4.74. The van der Waals surface area contributed by atoms with Crippen molar-refractivity contribution in [3.8, 4) is 11.3 Å². The molecule has 4 aromatic carbocycles. The maximum absolute atomic E-state index is 10.0. The summed E-state index contributed by atoms with van der Waals surface area (Å²) in [5.41, 5.74) is 4.80. The van der Waals surface area contributed by atoms with Crippen molar-refractivity contribution in [1.29, 1.82) is 0 Å². The van der Waals surface area contributed by atoms with E-state index in [4.69, 9.17) is 10.1 Å². The molecule has 0 amide bonds. The maximum atomic E-state index is 10.0. The molecule has 197 valence electrons. The van der Waals surface area contributed by atoms with Crippen molar-refractivity contribution in [2.75, 3.05) is 0 Å². The fourth-order valence-electron chi connectivity index (χ4n) is 4.74. The van der Waals surface area contributed by atoms with Crippen LogP contribution < -0.4 is 0 Å². The minimum absolute atomic E-state index is 0. The average Bonchev–Trinajstić information content (AvgIpc) is 2.86. The van der Waals surface area contributed by atoms with Gasteiger partial charge >= 0.3 is 0 Å². The van der Waals surface area contributed by atoms with Crippen molar-refractivity contribution in [1.82, 2.24) is 4.98 Å². The summed E-state index contributed by atoms with van der Waals surface area (Å²) in [4.78, 5) is 14.8. The molecule has 0 aliphatic rings. The third-order valence-electron chi connectivity index (χ3n) is 6.53. The van der Waals surface area contributed by atoms with Crippen LogP contribution in [0.25, 0.3) is 43.6 Å². The van der Waals surface area contributed by atoms with E-state index in [1.54, 1.807) is 0 Å². The monoisotopic (exact) mass is 681 g/mol. The molecule has 0 fully saturated rings. The molecular weight excluding hydrogens is 647 g/mol. The first-order valence-electron chi connectivity index (χ1n) is 12.8. The van der Waals surface area contributed by atoms with Gasteiger partial charge in [0.05, 0.1) is 5.76 Å². The summed E-state index contributed by atoms with van der Waals surface area (Å²) in [6.45, 7) is 11.9. The standard InChI is InChI=1S/C29H26N.C5H8O2.Ir/c1-18(2)21-11-12-26-22(15-21)13-14-30-29(26)24-16-23-10-9-20-7-5-6-8-25(20)28(23)27(17-24)19(3)4;1-4(6)3-5(2)7;/h5-15,17-19H,1-4H3;3,6H,1-2H3;/q-1;;/b;4-3-;. The minimum Gasteiger partial charge on any atom is -0.512 e. The van der Waals surface area contributed by atoms with Crippen molar-refractivity contribution in [2.24, 2.45) is 0 Å². The van der Waals surface area contributed by atoms with Crippen molar-refractivity contribution < 1.29 is 30.0 Å². The zero-order valence-electron chi connectivity index (χ0n) is 22.8. The van der Waals surface area contributed by atoms with Gasteiger partial charge in [0, 0.05) is 38.1 Å². The number of pyridine rings is 1. The normalized spacial score (nSPS) is 11.5. The number of benzene rings is 4. The predicted molar refractivity (Wildman–Crippen MR) is 156 cm³/mol. The molecule has 4 heteroatoms. The molecule has 1 radical (unpaired) electrons. The molecule has 0 aliphatic heterocycles. The van der Waals surface area contributed by atoms with Crippen LogP contribution in [-0.2, 0) is 24.9 Å². The number of carbonyl (C=O) groups is 1. The fraction of sp³-hybridized carbons (Fsp3) is 0.235. The van der Waals surface area contributed by atoms with Crippen molar-refractivity contribution >= 4 is 38.1 Å². The minimum atomic E-state index is -0.125. The van der Waals surface area contributed by atoms with E-state index in [0.29, 0.717) is 11.8 Å². The first kappa shape index (κ1) is 29.2. The second-order valence-corrected chi connectivity index (χ2v) is 10.2. The molecule has 0 saturated carbocycles. The number of rotatable bonds is 4. The first-order chi connectivity index (χ1) is 17.7. The van der Waals surface area contributed by atoms with Gasteiger partial charge in [-0.2, -0.15) is 0 Å². The summed E-state index contributed by atoms with van der Waals surface area (Å²) in [5, 5.41) is 15.8. The molecule has 1 heterocycles. The van der Waals surface area contributed by atoms with E-state index in [-0.39, 0.29) is 31.6 Å². The zero-order chi connectivity index (χ0) is 26.7. The molecule has 0 spiro atoms. The van der Waals surface area contributed by atoms with E-state index in [1.165, 1.54) is 58.0 Å². The van der Waals surface area contributed by atoms with Crippen LogP contribution >= 0.6 is 0 Å². The van der Waals surface area contributed by atoms with E-state index >= 15 is 0 Å². The Hall–Kier alpha value is -3.33. The van der Waals surface area contributed by atoms with Crippen LogP contribution in [0.3, 0.4) is 0 Å². The Balaban J connectivity index is 0.000000444. The summed E-state index contributed by atoms with van der Waals surface area (Å²) in [6, 6.07) is 27.9. The third kappa shape index (κ3) is 6.38. The summed E-state index contributed by atoms with van der Waals surface area (Å²) in [7, 11) is 0. The smallest absolute Gasteiger partial charge is 0.155 e. The van der Waals surface area contributed by atoms with Crippen LogP contribution in [0, 0.1) is 6.07 Å². The summed E-state index contributed by atoms with van der Waals surface area (Å²) in [5.74, 6) is 0.862. The van der Waals surface area contributed by atoms with Crippen LogP contribution in [0.15, 0.2) is 84.8 Å². The van der Waals surface area contributed by atoms with Gasteiger partial charge in [0.2, 0.25) is 0 Å². The van der Waals surface area contributed by atoms with Crippen LogP contribution in [-0.4, -0.2) is 15.9 Å². The number of hydrogen-bond acceptors (Lipinski definition) is 3. The first-order valence-corrected chi connectivity index (χ1v) is 12.8. The Morgan fingerprint density at radius 3 is 2.24 bits per heavy atom. The molecule has 1 aromatic heterocycles. The van der Waals surface area contributed by atoms with Gasteiger partial charge in [-0.3, -0.25) is 9.78 Å². The van der Waals surface area contributed by atoms with Gasteiger partial charge in [-0.15, -0.1) is 29.1 Å². The number of ketones is 1.